The van der Waals surface area contributed by atoms with Gasteiger partial charge in [0.15, 0.2) is 0 Å². The van der Waals surface area contributed by atoms with Gasteiger partial charge in [0.05, 0.1) is 13.2 Å². The molecule has 1 amide bonds. The molecule has 0 aromatic heterocycles. The van der Waals surface area contributed by atoms with E-state index in [0.29, 0.717) is 12.3 Å². The Kier molecular flexibility index (Phi) is 3.36. The zero-order chi connectivity index (χ0) is 12.4. The number of hydrogen-bond acceptors (Lipinski definition) is 2. The summed E-state index contributed by atoms with van der Waals surface area (Å²) in [4.78, 5) is 11.3. The maximum atomic E-state index is 11.3. The molecule has 1 aromatic carbocycles. The predicted molar refractivity (Wildman–Crippen MR) is 67.2 cm³/mol. The molecule has 1 aliphatic rings. The van der Waals surface area contributed by atoms with Crippen LogP contribution in [0.25, 0.3) is 0 Å². The molecular formula is C14H19NO2. The lowest BCUT2D eigenvalue weighted by Crippen LogP contribution is -2.19. The van der Waals surface area contributed by atoms with E-state index in [-0.39, 0.29) is 11.9 Å². The van der Waals surface area contributed by atoms with Gasteiger partial charge >= 0.3 is 0 Å². The van der Waals surface area contributed by atoms with Crippen molar-refractivity contribution in [3.63, 3.8) is 0 Å². The summed E-state index contributed by atoms with van der Waals surface area (Å²) in [5, 5.41) is 2.99. The molecule has 0 bridgehead atoms. The minimum Gasteiger partial charge on any atom is -0.496 e. The normalized spacial score (nSPS) is 19.5. The first-order chi connectivity index (χ1) is 8.11. The summed E-state index contributed by atoms with van der Waals surface area (Å²) in [5.41, 5.74) is 2.38. The molecule has 2 rings (SSSR count). The van der Waals surface area contributed by atoms with Crippen LogP contribution in [-0.2, 0) is 4.79 Å². The highest BCUT2D eigenvalue weighted by Gasteiger charge is 2.25. The van der Waals surface area contributed by atoms with Gasteiger partial charge in [-0.1, -0.05) is 19.9 Å². The van der Waals surface area contributed by atoms with Gasteiger partial charge in [0.1, 0.15) is 5.75 Å². The largest absolute Gasteiger partial charge is 0.496 e. The Bertz CT molecular complexity index is 426. The quantitative estimate of drug-likeness (QED) is 0.871. The second kappa shape index (κ2) is 4.78. The van der Waals surface area contributed by atoms with Crippen LogP contribution in [0.3, 0.4) is 0 Å². The lowest BCUT2D eigenvalue weighted by molar-refractivity contribution is -0.119. The van der Waals surface area contributed by atoms with Crippen LogP contribution in [-0.4, -0.2) is 13.0 Å². The molecule has 92 valence electrons. The van der Waals surface area contributed by atoms with Crippen molar-refractivity contribution < 1.29 is 9.53 Å². The average Bonchev–Trinajstić information content (AvgIpc) is 2.74. The molecule has 17 heavy (non-hydrogen) atoms. The molecule has 1 fully saturated rings. The Morgan fingerprint density at radius 2 is 2.18 bits per heavy atom. The molecule has 1 N–H and O–H groups in total. The van der Waals surface area contributed by atoms with Crippen molar-refractivity contribution in [1.29, 1.82) is 0 Å². The number of carbonyl (C=O) groups excluding carboxylic acids is 1. The number of ether oxygens (including phenoxy) is 1. The summed E-state index contributed by atoms with van der Waals surface area (Å²) in [6, 6.07) is 6.34. The van der Waals surface area contributed by atoms with Crippen LogP contribution in [0.2, 0.25) is 0 Å². The predicted octanol–water partition coefficient (Wildman–Crippen LogP) is 2.77. The monoisotopic (exact) mass is 233 g/mol. The molecule has 0 saturated carbocycles. The van der Waals surface area contributed by atoms with E-state index in [1.807, 2.05) is 6.07 Å². The topological polar surface area (TPSA) is 38.3 Å². The van der Waals surface area contributed by atoms with Crippen molar-refractivity contribution in [3.05, 3.63) is 29.3 Å². The third-order valence-electron chi connectivity index (χ3n) is 3.29. The minimum atomic E-state index is 0.108. The van der Waals surface area contributed by atoms with Gasteiger partial charge in [0.25, 0.3) is 0 Å². The maximum Gasteiger partial charge on any atom is 0.220 e. The van der Waals surface area contributed by atoms with Gasteiger partial charge in [0.2, 0.25) is 5.91 Å². The molecule has 0 radical (unpaired) electrons. The Morgan fingerprint density at radius 1 is 1.41 bits per heavy atom. The standard InChI is InChI=1S/C14H19NO2/c1-9(2)10-4-6-13(17-3)11(8-10)12-5-7-14(16)15-12/h4,6,8-9,12H,5,7H2,1-3H3,(H,15,16). The van der Waals surface area contributed by atoms with Crippen LogP contribution in [0.4, 0.5) is 0 Å². The summed E-state index contributed by atoms with van der Waals surface area (Å²) >= 11 is 0. The Morgan fingerprint density at radius 3 is 2.71 bits per heavy atom. The Hall–Kier alpha value is -1.51. The molecule has 1 atom stereocenters. The van der Waals surface area contributed by atoms with E-state index >= 15 is 0 Å². The molecule has 3 heteroatoms. The smallest absolute Gasteiger partial charge is 0.220 e. The number of carbonyl (C=O) groups is 1. The summed E-state index contributed by atoms with van der Waals surface area (Å²) in [6.45, 7) is 4.33. The fourth-order valence-electron chi connectivity index (χ4n) is 2.23. The zero-order valence-electron chi connectivity index (χ0n) is 10.6. The van der Waals surface area contributed by atoms with E-state index in [1.165, 1.54) is 5.56 Å². The van der Waals surface area contributed by atoms with Crippen molar-refractivity contribution in [2.45, 2.75) is 38.6 Å². The van der Waals surface area contributed by atoms with Crippen molar-refractivity contribution in [1.82, 2.24) is 5.32 Å². The third-order valence-corrected chi connectivity index (χ3v) is 3.29. The molecule has 0 aliphatic carbocycles. The van der Waals surface area contributed by atoms with Crippen molar-refractivity contribution >= 4 is 5.91 Å². The van der Waals surface area contributed by atoms with Gasteiger partial charge in [-0.3, -0.25) is 4.79 Å². The van der Waals surface area contributed by atoms with Gasteiger partial charge in [0, 0.05) is 12.0 Å². The number of methoxy groups -OCH3 is 1. The third kappa shape index (κ3) is 2.43. The van der Waals surface area contributed by atoms with Crippen LogP contribution in [0.15, 0.2) is 18.2 Å². The first-order valence-electron chi connectivity index (χ1n) is 6.09. The second-order valence-electron chi connectivity index (χ2n) is 4.81. The van der Waals surface area contributed by atoms with Crippen molar-refractivity contribution in [2.24, 2.45) is 0 Å². The minimum absolute atomic E-state index is 0.108. The van der Waals surface area contributed by atoms with Crippen LogP contribution < -0.4 is 10.1 Å². The number of hydrogen-bond donors (Lipinski definition) is 1. The Balaban J connectivity index is 2.35. The Labute approximate surface area is 102 Å². The highest BCUT2D eigenvalue weighted by Crippen LogP contribution is 2.33. The van der Waals surface area contributed by atoms with Gasteiger partial charge in [-0.15, -0.1) is 0 Å². The van der Waals surface area contributed by atoms with Gasteiger partial charge in [-0.05, 0) is 30.0 Å². The van der Waals surface area contributed by atoms with Crippen molar-refractivity contribution in [3.8, 4) is 5.75 Å². The van der Waals surface area contributed by atoms with E-state index in [4.69, 9.17) is 4.74 Å². The molecule has 1 heterocycles. The highest BCUT2D eigenvalue weighted by atomic mass is 16.5. The zero-order valence-corrected chi connectivity index (χ0v) is 10.6. The lowest BCUT2D eigenvalue weighted by atomic mass is 9.96. The molecular weight excluding hydrogens is 214 g/mol. The molecule has 3 nitrogen and oxygen atoms in total. The molecule has 1 unspecified atom stereocenters. The summed E-state index contributed by atoms with van der Waals surface area (Å²) in [6.07, 6.45) is 1.47. The van der Waals surface area contributed by atoms with Gasteiger partial charge in [-0.25, -0.2) is 0 Å². The molecule has 1 aromatic rings. The fraction of sp³-hybridized carbons (Fsp3) is 0.500. The van der Waals surface area contributed by atoms with Crippen LogP contribution in [0, 0.1) is 0 Å². The van der Waals surface area contributed by atoms with Crippen LogP contribution in [0.1, 0.15) is 49.8 Å². The first-order valence-corrected chi connectivity index (χ1v) is 6.09. The number of rotatable bonds is 3. The fourth-order valence-corrected chi connectivity index (χ4v) is 2.23. The first kappa shape index (κ1) is 12.0. The van der Waals surface area contributed by atoms with Crippen LogP contribution >= 0.6 is 0 Å². The van der Waals surface area contributed by atoms with Crippen molar-refractivity contribution in [2.75, 3.05) is 7.11 Å². The number of amides is 1. The molecule has 1 saturated heterocycles. The van der Waals surface area contributed by atoms with Crippen LogP contribution in [0.5, 0.6) is 5.75 Å². The number of benzene rings is 1. The van der Waals surface area contributed by atoms with Gasteiger partial charge < -0.3 is 10.1 Å². The molecule has 1 aliphatic heterocycles. The lowest BCUT2D eigenvalue weighted by Gasteiger charge is -2.17. The maximum absolute atomic E-state index is 11.3. The molecule has 0 spiro atoms. The van der Waals surface area contributed by atoms with E-state index in [2.05, 4.69) is 31.3 Å². The average molecular weight is 233 g/mol. The summed E-state index contributed by atoms with van der Waals surface area (Å²) in [5.74, 6) is 1.48. The second-order valence-corrected chi connectivity index (χ2v) is 4.81. The van der Waals surface area contributed by atoms with E-state index < -0.39 is 0 Å². The van der Waals surface area contributed by atoms with E-state index in [9.17, 15) is 4.79 Å². The summed E-state index contributed by atoms with van der Waals surface area (Å²) < 4.78 is 5.38. The van der Waals surface area contributed by atoms with E-state index in [0.717, 1.165) is 17.7 Å². The summed E-state index contributed by atoms with van der Waals surface area (Å²) in [7, 11) is 1.67. The van der Waals surface area contributed by atoms with E-state index in [1.54, 1.807) is 7.11 Å². The van der Waals surface area contributed by atoms with Gasteiger partial charge in [-0.2, -0.15) is 0 Å². The number of nitrogens with one attached hydrogen (secondary N) is 1. The SMILES string of the molecule is COc1ccc(C(C)C)cc1C1CCC(=O)N1. The highest BCUT2D eigenvalue weighted by molar-refractivity contribution is 5.79.